The Bertz CT molecular complexity index is 1600. The van der Waals surface area contributed by atoms with Crippen molar-refractivity contribution < 1.29 is 16.8 Å². The lowest BCUT2D eigenvalue weighted by Crippen LogP contribution is -2.47. The summed E-state index contributed by atoms with van der Waals surface area (Å²) < 4.78 is 52.1. The number of aliphatic imine (C=N–C) groups is 1. The molecular formula is C22H23N8O4S2. The summed E-state index contributed by atoms with van der Waals surface area (Å²) in [5.41, 5.74) is 2.60. The van der Waals surface area contributed by atoms with E-state index in [1.807, 2.05) is 19.1 Å². The van der Waals surface area contributed by atoms with E-state index in [9.17, 15) is 16.8 Å². The van der Waals surface area contributed by atoms with E-state index in [1.54, 1.807) is 18.3 Å². The predicted molar refractivity (Wildman–Crippen MR) is 137 cm³/mol. The van der Waals surface area contributed by atoms with Crippen molar-refractivity contribution in [3.63, 3.8) is 0 Å². The summed E-state index contributed by atoms with van der Waals surface area (Å²) >= 11 is 0. The molecule has 0 atom stereocenters. The van der Waals surface area contributed by atoms with Crippen LogP contribution in [0.5, 0.6) is 0 Å². The Balaban J connectivity index is 1.88. The van der Waals surface area contributed by atoms with Gasteiger partial charge in [-0.05, 0) is 49.7 Å². The average Bonchev–Trinajstić information content (AvgIpc) is 3.25. The number of pyridine rings is 1. The van der Waals surface area contributed by atoms with Gasteiger partial charge in [0.05, 0.1) is 47.4 Å². The molecule has 0 unspecified atom stereocenters. The highest BCUT2D eigenvalue weighted by atomic mass is 32.3. The quantitative estimate of drug-likeness (QED) is 0.249. The van der Waals surface area contributed by atoms with Gasteiger partial charge in [-0.1, -0.05) is 6.92 Å². The van der Waals surface area contributed by atoms with Gasteiger partial charge in [0.25, 0.3) is 0 Å². The summed E-state index contributed by atoms with van der Waals surface area (Å²) in [5.74, 6) is -0.209. The largest absolute Gasteiger partial charge is 0.262 e. The van der Waals surface area contributed by atoms with Crippen LogP contribution in [0, 0.1) is 6.92 Å². The number of hydrazine groups is 1. The SMILES string of the molecule is [CH2]C(CC)=Nc1ccc(-n2ncc3cnc(N(c4cccnc4)N(S(C)(=O)=O)S(C)(=O)=O)nc32)cc1. The number of sulfonamides is 2. The molecule has 0 fully saturated rings. The molecule has 4 rings (SSSR count). The second-order valence-corrected chi connectivity index (χ2v) is 11.6. The first-order valence-electron chi connectivity index (χ1n) is 10.6. The zero-order valence-corrected chi connectivity index (χ0v) is 21.3. The number of hydrogen-bond acceptors (Lipinski definition) is 10. The van der Waals surface area contributed by atoms with Gasteiger partial charge in [-0.2, -0.15) is 10.1 Å². The first-order valence-corrected chi connectivity index (χ1v) is 14.3. The van der Waals surface area contributed by atoms with Crippen LogP contribution in [0.1, 0.15) is 13.3 Å². The van der Waals surface area contributed by atoms with Crippen molar-refractivity contribution in [2.45, 2.75) is 13.3 Å². The summed E-state index contributed by atoms with van der Waals surface area (Å²) in [7, 11) is -8.63. The minimum absolute atomic E-state index is 0.126. The topological polar surface area (TPSA) is 144 Å². The molecule has 14 heteroatoms. The standard InChI is InChI=1S/C22H23N8O4S2/c1-5-16(2)26-18-8-10-19(11-9-18)28-21-17(14-25-28)13-24-22(27-21)29(20-7-6-12-23-15-20)30(35(3,31)32)36(4,33)34/h6-15H,2,5H2,1,3-4H3. The van der Waals surface area contributed by atoms with E-state index >= 15 is 0 Å². The third-order valence-corrected chi connectivity index (χ3v) is 7.98. The van der Waals surface area contributed by atoms with Crippen LogP contribution in [0.15, 0.2) is 66.2 Å². The van der Waals surface area contributed by atoms with Crippen molar-refractivity contribution in [1.82, 2.24) is 28.6 Å². The Hall–Kier alpha value is -3.75. The lowest BCUT2D eigenvalue weighted by molar-refractivity contribution is 0.504. The monoisotopic (exact) mass is 527 g/mol. The Morgan fingerprint density at radius 2 is 1.72 bits per heavy atom. The van der Waals surface area contributed by atoms with Crippen LogP contribution in [0.2, 0.25) is 0 Å². The Labute approximate surface area is 209 Å². The van der Waals surface area contributed by atoms with Crippen LogP contribution in [0.4, 0.5) is 17.3 Å². The van der Waals surface area contributed by atoms with Crippen LogP contribution in [-0.2, 0) is 20.0 Å². The predicted octanol–water partition coefficient (Wildman–Crippen LogP) is 2.80. The molecule has 4 aromatic rings. The number of fused-ring (bicyclic) bond motifs is 1. The maximum atomic E-state index is 12.6. The second kappa shape index (κ2) is 9.72. The lowest BCUT2D eigenvalue weighted by atomic mass is 10.2. The molecule has 0 bridgehead atoms. The summed E-state index contributed by atoms with van der Waals surface area (Å²) in [6.45, 7) is 5.85. The third-order valence-electron chi connectivity index (χ3n) is 4.90. The van der Waals surface area contributed by atoms with E-state index in [0.717, 1.165) is 35.3 Å². The fourth-order valence-corrected chi connectivity index (χ4v) is 6.23. The number of aromatic nitrogens is 5. The molecule has 36 heavy (non-hydrogen) atoms. The molecule has 1 aromatic carbocycles. The van der Waals surface area contributed by atoms with Gasteiger partial charge >= 0.3 is 0 Å². The molecule has 0 N–H and O–H groups in total. The summed E-state index contributed by atoms with van der Waals surface area (Å²) in [6.07, 6.45) is 8.05. The van der Waals surface area contributed by atoms with E-state index in [-0.39, 0.29) is 15.5 Å². The molecule has 1 radical (unpaired) electrons. The highest BCUT2D eigenvalue weighted by molar-refractivity contribution is 8.03. The number of anilines is 2. The number of hydrogen-bond donors (Lipinski definition) is 0. The van der Waals surface area contributed by atoms with Gasteiger partial charge in [-0.15, -0.1) is 0 Å². The molecule has 12 nitrogen and oxygen atoms in total. The van der Waals surface area contributed by atoms with Gasteiger partial charge in [-0.25, -0.2) is 31.5 Å². The van der Waals surface area contributed by atoms with E-state index in [1.165, 1.54) is 35.4 Å². The third kappa shape index (κ3) is 5.24. The van der Waals surface area contributed by atoms with Crippen molar-refractivity contribution in [3.8, 4) is 5.69 Å². The molecule has 3 aromatic heterocycles. The minimum Gasteiger partial charge on any atom is -0.262 e. The second-order valence-electron chi connectivity index (χ2n) is 7.78. The number of nitrogens with zero attached hydrogens (tertiary/aromatic N) is 8. The van der Waals surface area contributed by atoms with Gasteiger partial charge in [0.2, 0.25) is 26.0 Å². The minimum atomic E-state index is -4.31. The van der Waals surface area contributed by atoms with Crippen molar-refractivity contribution in [1.29, 1.82) is 0 Å². The Morgan fingerprint density at radius 3 is 2.31 bits per heavy atom. The zero-order valence-electron chi connectivity index (χ0n) is 19.7. The fourth-order valence-electron chi connectivity index (χ4n) is 3.33. The van der Waals surface area contributed by atoms with E-state index < -0.39 is 20.0 Å². The Morgan fingerprint density at radius 1 is 1.03 bits per heavy atom. The van der Waals surface area contributed by atoms with Gasteiger partial charge in [0, 0.05) is 21.9 Å². The maximum absolute atomic E-state index is 12.6. The maximum Gasteiger partial charge on any atom is 0.248 e. The molecule has 0 aliphatic heterocycles. The van der Waals surface area contributed by atoms with Gasteiger partial charge in [0.15, 0.2) is 5.65 Å². The van der Waals surface area contributed by atoms with Crippen LogP contribution in [0.3, 0.4) is 0 Å². The summed E-state index contributed by atoms with van der Waals surface area (Å²) in [5, 5.41) is 5.81. The highest BCUT2D eigenvalue weighted by Gasteiger charge is 2.37. The molecule has 0 aliphatic rings. The highest BCUT2D eigenvalue weighted by Crippen LogP contribution is 2.29. The number of benzene rings is 1. The lowest BCUT2D eigenvalue weighted by Gasteiger charge is -2.30. The smallest absolute Gasteiger partial charge is 0.248 e. The molecule has 0 aliphatic carbocycles. The van der Waals surface area contributed by atoms with Crippen molar-refractivity contribution in [3.05, 3.63) is 68.1 Å². The van der Waals surface area contributed by atoms with Crippen molar-refractivity contribution in [2.24, 2.45) is 4.99 Å². The molecule has 0 spiro atoms. The molecule has 0 saturated heterocycles. The summed E-state index contributed by atoms with van der Waals surface area (Å²) in [6, 6.07) is 10.2. The van der Waals surface area contributed by atoms with Gasteiger partial charge in [-0.3, -0.25) is 9.98 Å². The van der Waals surface area contributed by atoms with E-state index in [0.29, 0.717) is 16.7 Å². The van der Waals surface area contributed by atoms with Crippen molar-refractivity contribution in [2.75, 3.05) is 17.5 Å². The van der Waals surface area contributed by atoms with Crippen molar-refractivity contribution >= 4 is 54.1 Å². The Kier molecular flexibility index (Phi) is 6.84. The van der Waals surface area contributed by atoms with Crippen LogP contribution < -0.4 is 5.01 Å². The molecule has 187 valence electrons. The van der Waals surface area contributed by atoms with Gasteiger partial charge in [0.1, 0.15) is 0 Å². The van der Waals surface area contributed by atoms with E-state index in [4.69, 9.17) is 0 Å². The average molecular weight is 528 g/mol. The fraction of sp³-hybridized carbons (Fsp3) is 0.182. The molecule has 0 saturated carbocycles. The first kappa shape index (κ1) is 25.3. The van der Waals surface area contributed by atoms with Crippen LogP contribution in [-0.4, -0.2) is 63.6 Å². The van der Waals surface area contributed by atoms with E-state index in [2.05, 4.69) is 32.0 Å². The molecule has 3 heterocycles. The molecular weight excluding hydrogens is 504 g/mol. The zero-order chi connectivity index (χ0) is 26.1. The van der Waals surface area contributed by atoms with Crippen LogP contribution >= 0.6 is 0 Å². The number of rotatable bonds is 8. The first-order chi connectivity index (χ1) is 17.0. The van der Waals surface area contributed by atoms with Crippen LogP contribution in [0.25, 0.3) is 16.7 Å². The van der Waals surface area contributed by atoms with Gasteiger partial charge < -0.3 is 0 Å². The normalized spacial score (nSPS) is 12.9. The summed E-state index contributed by atoms with van der Waals surface area (Å²) in [4.78, 5) is 17.1. The molecule has 0 amide bonds.